The van der Waals surface area contributed by atoms with Gasteiger partial charge in [0, 0.05) is 11.1 Å². The molecule has 0 bridgehead atoms. The zero-order valence-electron chi connectivity index (χ0n) is 9.38. The van der Waals surface area contributed by atoms with Crippen LogP contribution in [0.3, 0.4) is 0 Å². The Morgan fingerprint density at radius 1 is 1.28 bits per heavy atom. The van der Waals surface area contributed by atoms with Crippen LogP contribution in [0.5, 0.6) is 0 Å². The van der Waals surface area contributed by atoms with Gasteiger partial charge in [-0.2, -0.15) is 0 Å². The first-order chi connectivity index (χ1) is 8.81. The number of fused-ring (bicyclic) bond motifs is 1. The zero-order valence-corrected chi connectivity index (χ0v) is 10.2. The van der Waals surface area contributed by atoms with E-state index in [4.69, 9.17) is 0 Å². The molecule has 0 unspecified atom stereocenters. The molecule has 3 rings (SSSR count). The number of thiazole rings is 1. The number of benzene rings is 1. The summed E-state index contributed by atoms with van der Waals surface area (Å²) in [6.07, 6.45) is 1.69. The number of nitrogens with one attached hydrogen (secondary N) is 2. The molecule has 0 fully saturated rings. The number of anilines is 1. The molecule has 0 saturated heterocycles. The number of hydrogen-bond acceptors (Lipinski definition) is 5. The fourth-order valence-electron chi connectivity index (χ4n) is 1.63. The van der Waals surface area contributed by atoms with E-state index in [-0.39, 0.29) is 4.87 Å². The van der Waals surface area contributed by atoms with Crippen LogP contribution in [-0.2, 0) is 6.54 Å². The predicted molar refractivity (Wildman–Crippen MR) is 71.8 cm³/mol. The lowest BCUT2D eigenvalue weighted by Gasteiger charge is -2.04. The number of aromatic amines is 1. The number of rotatable bonds is 3. The van der Waals surface area contributed by atoms with Crippen molar-refractivity contribution in [2.24, 2.45) is 0 Å². The van der Waals surface area contributed by atoms with Crippen LogP contribution in [0.25, 0.3) is 11.0 Å². The molecular formula is C12H10N4OS. The minimum absolute atomic E-state index is 0.0450. The standard InChI is InChI=1S/C12H10N4OS/c17-12-15-8(7-18-12)5-14-11-6-13-9-3-1-2-4-10(9)16-11/h1-4,6-7H,5H2,(H,14,16)(H,15,17). The van der Waals surface area contributed by atoms with Gasteiger partial charge in [0.2, 0.25) is 0 Å². The summed E-state index contributed by atoms with van der Waals surface area (Å²) in [6.45, 7) is 0.533. The molecule has 0 radical (unpaired) electrons. The topological polar surface area (TPSA) is 70.7 Å². The van der Waals surface area contributed by atoms with Gasteiger partial charge in [-0.3, -0.25) is 9.78 Å². The second-order valence-electron chi connectivity index (χ2n) is 3.77. The Morgan fingerprint density at radius 2 is 2.11 bits per heavy atom. The van der Waals surface area contributed by atoms with Crippen molar-refractivity contribution in [1.29, 1.82) is 0 Å². The summed E-state index contributed by atoms with van der Waals surface area (Å²) in [7, 11) is 0. The Kier molecular flexibility index (Phi) is 2.77. The lowest BCUT2D eigenvalue weighted by molar-refractivity contribution is 1.04. The molecule has 3 aromatic rings. The first-order valence-corrected chi connectivity index (χ1v) is 6.31. The molecule has 1 aromatic carbocycles. The van der Waals surface area contributed by atoms with Gasteiger partial charge in [0.05, 0.1) is 23.8 Å². The van der Waals surface area contributed by atoms with Crippen LogP contribution in [0, 0.1) is 0 Å². The first-order valence-electron chi connectivity index (χ1n) is 5.43. The average Bonchev–Trinajstić information content (AvgIpc) is 2.82. The maximum absolute atomic E-state index is 11.0. The van der Waals surface area contributed by atoms with Crippen molar-refractivity contribution in [3.63, 3.8) is 0 Å². The smallest absolute Gasteiger partial charge is 0.304 e. The maximum Gasteiger partial charge on any atom is 0.304 e. The van der Waals surface area contributed by atoms with E-state index in [0.29, 0.717) is 12.4 Å². The Bertz CT molecular complexity index is 734. The van der Waals surface area contributed by atoms with Crippen molar-refractivity contribution in [1.82, 2.24) is 15.0 Å². The second kappa shape index (κ2) is 4.58. The fourth-order valence-corrected chi connectivity index (χ4v) is 2.21. The first kappa shape index (κ1) is 10.9. The molecule has 5 nitrogen and oxygen atoms in total. The fraction of sp³-hybridized carbons (Fsp3) is 0.0833. The molecule has 2 heterocycles. The summed E-state index contributed by atoms with van der Waals surface area (Å²) in [5.41, 5.74) is 2.56. The van der Waals surface area contributed by atoms with Crippen molar-refractivity contribution in [3.8, 4) is 0 Å². The Morgan fingerprint density at radius 3 is 2.89 bits per heavy atom. The van der Waals surface area contributed by atoms with Gasteiger partial charge < -0.3 is 10.3 Å². The summed E-state index contributed by atoms with van der Waals surface area (Å²) in [4.78, 5) is 22.4. The van der Waals surface area contributed by atoms with E-state index in [1.54, 1.807) is 11.6 Å². The lowest BCUT2D eigenvalue weighted by Crippen LogP contribution is -2.04. The van der Waals surface area contributed by atoms with Crippen LogP contribution >= 0.6 is 11.3 Å². The van der Waals surface area contributed by atoms with Crippen LogP contribution in [0.4, 0.5) is 5.82 Å². The average molecular weight is 258 g/mol. The second-order valence-corrected chi connectivity index (χ2v) is 4.61. The minimum Gasteiger partial charge on any atom is -0.363 e. The molecule has 2 aromatic heterocycles. The molecule has 0 aliphatic heterocycles. The predicted octanol–water partition coefficient (Wildman–Crippen LogP) is 1.99. The number of hydrogen-bond donors (Lipinski definition) is 2. The SMILES string of the molecule is O=c1[nH]c(CNc2cnc3ccccc3n2)cs1. The molecule has 2 N–H and O–H groups in total. The monoisotopic (exact) mass is 258 g/mol. The molecule has 0 spiro atoms. The van der Waals surface area contributed by atoms with Crippen LogP contribution in [0.1, 0.15) is 5.69 Å². The van der Waals surface area contributed by atoms with E-state index < -0.39 is 0 Å². The molecule has 0 atom stereocenters. The van der Waals surface area contributed by atoms with Crippen LogP contribution < -0.4 is 10.2 Å². The Hall–Kier alpha value is -2.21. The highest BCUT2D eigenvalue weighted by Crippen LogP contribution is 2.11. The molecular weight excluding hydrogens is 248 g/mol. The van der Waals surface area contributed by atoms with Crippen molar-refractivity contribution in [3.05, 3.63) is 51.2 Å². The summed E-state index contributed by atoms with van der Waals surface area (Å²) in [5, 5.41) is 4.92. The highest BCUT2D eigenvalue weighted by molar-refractivity contribution is 7.07. The number of H-pyrrole nitrogens is 1. The summed E-state index contributed by atoms with van der Waals surface area (Å²) < 4.78 is 0. The molecule has 0 saturated carbocycles. The molecule has 18 heavy (non-hydrogen) atoms. The number of nitrogens with zero attached hydrogens (tertiary/aromatic N) is 2. The van der Waals surface area contributed by atoms with Crippen LogP contribution in [-0.4, -0.2) is 15.0 Å². The number of aromatic nitrogens is 3. The molecule has 6 heteroatoms. The highest BCUT2D eigenvalue weighted by atomic mass is 32.1. The quantitative estimate of drug-likeness (QED) is 0.753. The van der Waals surface area contributed by atoms with Gasteiger partial charge in [-0.25, -0.2) is 4.98 Å². The van der Waals surface area contributed by atoms with Crippen molar-refractivity contribution in [2.45, 2.75) is 6.54 Å². The van der Waals surface area contributed by atoms with Crippen molar-refractivity contribution < 1.29 is 0 Å². The summed E-state index contributed by atoms with van der Waals surface area (Å²) >= 11 is 1.15. The maximum atomic E-state index is 11.0. The van der Waals surface area contributed by atoms with E-state index >= 15 is 0 Å². The van der Waals surface area contributed by atoms with Crippen molar-refractivity contribution in [2.75, 3.05) is 5.32 Å². The van der Waals surface area contributed by atoms with E-state index in [0.717, 1.165) is 28.1 Å². The van der Waals surface area contributed by atoms with E-state index in [2.05, 4.69) is 20.3 Å². The molecule has 0 amide bonds. The lowest BCUT2D eigenvalue weighted by atomic mass is 10.3. The van der Waals surface area contributed by atoms with Gasteiger partial charge in [-0.05, 0) is 12.1 Å². The van der Waals surface area contributed by atoms with Crippen molar-refractivity contribution >= 4 is 28.2 Å². The largest absolute Gasteiger partial charge is 0.363 e. The number of para-hydroxylation sites is 2. The summed E-state index contributed by atoms with van der Waals surface area (Å²) in [6, 6.07) is 7.69. The third kappa shape index (κ3) is 2.23. The van der Waals surface area contributed by atoms with Crippen LogP contribution in [0.15, 0.2) is 40.6 Å². The Balaban J connectivity index is 1.80. The molecule has 0 aliphatic rings. The highest BCUT2D eigenvalue weighted by Gasteiger charge is 2.00. The van der Waals surface area contributed by atoms with Gasteiger partial charge in [-0.1, -0.05) is 23.5 Å². The molecule has 0 aliphatic carbocycles. The van der Waals surface area contributed by atoms with E-state index in [1.165, 1.54) is 0 Å². The normalized spacial score (nSPS) is 10.7. The third-order valence-electron chi connectivity index (χ3n) is 2.48. The summed E-state index contributed by atoms with van der Waals surface area (Å²) in [5.74, 6) is 0.695. The Labute approximate surface area is 107 Å². The van der Waals surface area contributed by atoms with Gasteiger partial charge in [-0.15, -0.1) is 0 Å². The van der Waals surface area contributed by atoms with Gasteiger partial charge in [0.25, 0.3) is 0 Å². The zero-order chi connectivity index (χ0) is 12.4. The van der Waals surface area contributed by atoms with Gasteiger partial charge in [0.1, 0.15) is 5.82 Å². The van der Waals surface area contributed by atoms with Gasteiger partial charge >= 0.3 is 4.87 Å². The van der Waals surface area contributed by atoms with Gasteiger partial charge in [0.15, 0.2) is 0 Å². The minimum atomic E-state index is -0.0450. The van der Waals surface area contributed by atoms with E-state index in [1.807, 2.05) is 24.3 Å². The molecule has 90 valence electrons. The van der Waals surface area contributed by atoms with Crippen LogP contribution in [0.2, 0.25) is 0 Å². The van der Waals surface area contributed by atoms with E-state index in [9.17, 15) is 4.79 Å². The third-order valence-corrected chi connectivity index (χ3v) is 3.20.